The van der Waals surface area contributed by atoms with Gasteiger partial charge in [-0.3, -0.25) is 4.90 Å². The van der Waals surface area contributed by atoms with Crippen LogP contribution in [0, 0.1) is 5.92 Å². The van der Waals surface area contributed by atoms with E-state index in [2.05, 4.69) is 0 Å². The molecule has 0 aromatic heterocycles. The third kappa shape index (κ3) is 2.80. The molecule has 2 fully saturated rings. The number of carboxylic acids is 1. The van der Waals surface area contributed by atoms with Gasteiger partial charge in [0, 0.05) is 0 Å². The van der Waals surface area contributed by atoms with Crippen molar-refractivity contribution in [1.29, 1.82) is 0 Å². The molecule has 118 valence electrons. The second-order valence-electron chi connectivity index (χ2n) is 6.09. The number of aliphatic carboxylic acids is 1. The molecule has 1 aliphatic heterocycles. The Balaban J connectivity index is 1.90. The lowest BCUT2D eigenvalue weighted by Gasteiger charge is -2.35. The van der Waals surface area contributed by atoms with E-state index < -0.39 is 18.1 Å². The third-order valence-corrected chi connectivity index (χ3v) is 4.74. The number of carboxylic acid groups (broad SMARTS) is 1. The Morgan fingerprint density at radius 2 is 1.86 bits per heavy atom. The molecule has 1 heterocycles. The molecule has 3 rings (SSSR count). The molecule has 5 nitrogen and oxygen atoms in total. The first-order valence-electron chi connectivity index (χ1n) is 7.91. The quantitative estimate of drug-likeness (QED) is 0.927. The Morgan fingerprint density at radius 3 is 2.50 bits per heavy atom. The molecule has 0 spiro atoms. The SMILES string of the molecule is O=C(O)[C@@H](C1CCCCC1)N1C(=O)OC[C@H]1c1ccccc1. The second-order valence-corrected chi connectivity index (χ2v) is 6.09. The number of nitrogens with zero attached hydrogens (tertiary/aromatic N) is 1. The van der Waals surface area contributed by atoms with Crippen LogP contribution in [-0.2, 0) is 9.53 Å². The van der Waals surface area contributed by atoms with Crippen molar-refractivity contribution in [1.82, 2.24) is 4.90 Å². The highest BCUT2D eigenvalue weighted by atomic mass is 16.6. The minimum absolute atomic E-state index is 0.0168. The normalized spacial score (nSPS) is 24.1. The Labute approximate surface area is 129 Å². The largest absolute Gasteiger partial charge is 0.480 e. The first-order chi connectivity index (χ1) is 10.7. The number of benzene rings is 1. The van der Waals surface area contributed by atoms with Gasteiger partial charge in [-0.05, 0) is 24.3 Å². The molecule has 5 heteroatoms. The zero-order valence-electron chi connectivity index (χ0n) is 12.5. The van der Waals surface area contributed by atoms with Gasteiger partial charge in [0.1, 0.15) is 12.6 Å². The lowest BCUT2D eigenvalue weighted by atomic mass is 9.82. The minimum Gasteiger partial charge on any atom is -0.480 e. The summed E-state index contributed by atoms with van der Waals surface area (Å²) in [6.45, 7) is 0.222. The van der Waals surface area contributed by atoms with Crippen molar-refractivity contribution in [3.63, 3.8) is 0 Å². The van der Waals surface area contributed by atoms with Crippen LogP contribution in [0.1, 0.15) is 43.7 Å². The topological polar surface area (TPSA) is 66.8 Å². The van der Waals surface area contributed by atoms with Crippen molar-refractivity contribution in [2.45, 2.75) is 44.2 Å². The molecule has 1 saturated carbocycles. The van der Waals surface area contributed by atoms with E-state index in [9.17, 15) is 14.7 Å². The van der Waals surface area contributed by atoms with E-state index >= 15 is 0 Å². The van der Waals surface area contributed by atoms with Gasteiger partial charge in [0.05, 0.1) is 6.04 Å². The minimum atomic E-state index is -0.924. The summed E-state index contributed by atoms with van der Waals surface area (Å²) in [5.74, 6) is -0.908. The fraction of sp³-hybridized carbons (Fsp3) is 0.529. The summed E-state index contributed by atoms with van der Waals surface area (Å²) in [6.07, 6.45) is 4.44. The number of hydrogen-bond acceptors (Lipinski definition) is 3. The Hall–Kier alpha value is -2.04. The zero-order valence-corrected chi connectivity index (χ0v) is 12.5. The summed E-state index contributed by atoms with van der Waals surface area (Å²) in [7, 11) is 0. The molecule has 0 unspecified atom stereocenters. The lowest BCUT2D eigenvalue weighted by molar-refractivity contribution is -0.145. The van der Waals surface area contributed by atoms with Gasteiger partial charge in [0.25, 0.3) is 0 Å². The molecule has 1 aliphatic carbocycles. The zero-order chi connectivity index (χ0) is 15.5. The van der Waals surface area contributed by atoms with E-state index in [1.54, 1.807) is 0 Å². The summed E-state index contributed by atoms with van der Waals surface area (Å²) >= 11 is 0. The number of hydrogen-bond donors (Lipinski definition) is 1. The van der Waals surface area contributed by atoms with E-state index in [-0.39, 0.29) is 18.6 Å². The second kappa shape index (κ2) is 6.38. The summed E-state index contributed by atoms with van der Waals surface area (Å²) in [6, 6.07) is 8.43. The molecule has 0 bridgehead atoms. The molecule has 2 atom stereocenters. The van der Waals surface area contributed by atoms with Crippen LogP contribution in [0.15, 0.2) is 30.3 Å². The number of amides is 1. The van der Waals surface area contributed by atoms with E-state index in [1.165, 1.54) is 4.90 Å². The highest BCUT2D eigenvalue weighted by Crippen LogP contribution is 2.36. The van der Waals surface area contributed by atoms with Crippen LogP contribution in [0.4, 0.5) is 4.79 Å². The molecular weight excluding hydrogens is 282 g/mol. The average Bonchev–Trinajstić information content (AvgIpc) is 2.91. The predicted molar refractivity (Wildman–Crippen MR) is 80.4 cm³/mol. The van der Waals surface area contributed by atoms with Crippen LogP contribution in [0.2, 0.25) is 0 Å². The smallest absolute Gasteiger partial charge is 0.411 e. The van der Waals surface area contributed by atoms with Crippen LogP contribution >= 0.6 is 0 Å². The molecule has 1 saturated heterocycles. The standard InChI is InChI=1S/C17H21NO4/c19-16(20)15(13-9-5-2-6-10-13)18-14(11-22-17(18)21)12-7-3-1-4-8-12/h1,3-4,7-8,13-15H,2,5-6,9-11H2,(H,19,20)/t14-,15+/m0/s1. The monoisotopic (exact) mass is 303 g/mol. The first kappa shape index (κ1) is 14.9. The lowest BCUT2D eigenvalue weighted by Crippen LogP contribution is -2.48. The van der Waals surface area contributed by atoms with Gasteiger partial charge in [-0.1, -0.05) is 49.6 Å². The molecule has 0 radical (unpaired) electrons. The number of cyclic esters (lactones) is 1. The number of carbonyl (C=O) groups is 2. The Kier molecular flexibility index (Phi) is 4.32. The van der Waals surface area contributed by atoms with Gasteiger partial charge < -0.3 is 9.84 Å². The van der Waals surface area contributed by atoms with Crippen molar-refractivity contribution in [3.05, 3.63) is 35.9 Å². The van der Waals surface area contributed by atoms with Crippen LogP contribution in [0.3, 0.4) is 0 Å². The van der Waals surface area contributed by atoms with Gasteiger partial charge >= 0.3 is 12.1 Å². The predicted octanol–water partition coefficient (Wildman–Crippen LogP) is 3.21. The van der Waals surface area contributed by atoms with Crippen LogP contribution in [0.25, 0.3) is 0 Å². The number of rotatable bonds is 4. The fourth-order valence-corrected chi connectivity index (χ4v) is 3.67. The molecule has 2 aliphatic rings. The highest BCUT2D eigenvalue weighted by Gasteiger charge is 2.45. The van der Waals surface area contributed by atoms with E-state index in [0.29, 0.717) is 0 Å². The fourth-order valence-electron chi connectivity index (χ4n) is 3.67. The van der Waals surface area contributed by atoms with Crippen molar-refractivity contribution in [3.8, 4) is 0 Å². The average molecular weight is 303 g/mol. The molecule has 1 aromatic carbocycles. The Bertz CT molecular complexity index is 539. The maximum Gasteiger partial charge on any atom is 0.411 e. The van der Waals surface area contributed by atoms with Crippen LogP contribution in [-0.4, -0.2) is 34.7 Å². The van der Waals surface area contributed by atoms with Crippen molar-refractivity contribution in [2.24, 2.45) is 5.92 Å². The third-order valence-electron chi connectivity index (χ3n) is 4.74. The first-order valence-corrected chi connectivity index (χ1v) is 7.91. The van der Waals surface area contributed by atoms with Crippen molar-refractivity contribution >= 4 is 12.1 Å². The summed E-state index contributed by atoms with van der Waals surface area (Å²) in [4.78, 5) is 25.5. The van der Waals surface area contributed by atoms with Gasteiger partial charge in [-0.15, -0.1) is 0 Å². The summed E-state index contributed by atoms with van der Waals surface area (Å²) in [5.41, 5.74) is 0.926. The maximum absolute atomic E-state index is 12.2. The van der Waals surface area contributed by atoms with Gasteiger partial charge in [-0.2, -0.15) is 0 Å². The Morgan fingerprint density at radius 1 is 1.18 bits per heavy atom. The van der Waals surface area contributed by atoms with Crippen molar-refractivity contribution in [2.75, 3.05) is 6.61 Å². The van der Waals surface area contributed by atoms with Gasteiger partial charge in [0.2, 0.25) is 0 Å². The summed E-state index contributed by atoms with van der Waals surface area (Å²) < 4.78 is 5.18. The molecular formula is C17H21NO4. The molecule has 1 N–H and O–H groups in total. The maximum atomic E-state index is 12.2. The summed E-state index contributed by atoms with van der Waals surface area (Å²) in [5, 5.41) is 9.72. The number of carbonyl (C=O) groups excluding carboxylic acids is 1. The van der Waals surface area contributed by atoms with E-state index in [1.807, 2.05) is 30.3 Å². The highest BCUT2D eigenvalue weighted by molar-refractivity contribution is 5.81. The van der Waals surface area contributed by atoms with Gasteiger partial charge in [-0.25, -0.2) is 9.59 Å². The van der Waals surface area contributed by atoms with Crippen LogP contribution in [0.5, 0.6) is 0 Å². The molecule has 1 aromatic rings. The van der Waals surface area contributed by atoms with Gasteiger partial charge in [0.15, 0.2) is 0 Å². The van der Waals surface area contributed by atoms with Crippen molar-refractivity contribution < 1.29 is 19.4 Å². The van der Waals surface area contributed by atoms with Crippen LogP contribution < -0.4 is 0 Å². The van der Waals surface area contributed by atoms with E-state index in [4.69, 9.17) is 4.74 Å². The van der Waals surface area contributed by atoms with E-state index in [0.717, 1.165) is 37.7 Å². The molecule has 1 amide bonds. The molecule has 22 heavy (non-hydrogen) atoms. The number of ether oxygens (including phenoxy) is 1.